The number of hydrogen-bond acceptors (Lipinski definition) is 2. The van der Waals surface area contributed by atoms with Crippen LogP contribution in [0.2, 0.25) is 0 Å². The van der Waals surface area contributed by atoms with Gasteiger partial charge in [0.1, 0.15) is 0 Å². The summed E-state index contributed by atoms with van der Waals surface area (Å²) in [7, 11) is 0. The molecule has 1 fully saturated rings. The molecule has 1 N–H and O–H groups in total. The molecule has 4 heteroatoms. The molecule has 2 aliphatic rings. The third-order valence-electron chi connectivity index (χ3n) is 5.06. The Morgan fingerprint density at radius 3 is 2.42 bits per heavy atom. The van der Waals surface area contributed by atoms with Crippen LogP contribution >= 0.6 is 0 Å². The Balaban J connectivity index is 1.76. The highest BCUT2D eigenvalue weighted by atomic mass is 16.2. The number of hydrogen-bond donors (Lipinski definition) is 1. The molecule has 24 heavy (non-hydrogen) atoms. The molecule has 0 radical (unpaired) electrons. The lowest BCUT2D eigenvalue weighted by Crippen LogP contribution is -2.46. The first-order valence-electron chi connectivity index (χ1n) is 8.39. The van der Waals surface area contributed by atoms with Gasteiger partial charge in [0.25, 0.3) is 5.91 Å². The highest BCUT2D eigenvalue weighted by Crippen LogP contribution is 2.47. The second-order valence-electron chi connectivity index (χ2n) is 6.61. The highest BCUT2D eigenvalue weighted by molar-refractivity contribution is 5.99. The predicted octanol–water partition coefficient (Wildman–Crippen LogP) is 3.22. The van der Waals surface area contributed by atoms with E-state index in [2.05, 4.69) is 17.4 Å². The SMILES string of the molecule is CC(=O)N[C@@H]1C[C@@H](c2ccccc2)N2C(=O)c3ccccc3[C@@H]2C1. The molecule has 0 unspecified atom stereocenters. The smallest absolute Gasteiger partial charge is 0.255 e. The number of benzene rings is 2. The molecule has 0 aromatic heterocycles. The van der Waals surface area contributed by atoms with E-state index in [1.165, 1.54) is 0 Å². The molecule has 122 valence electrons. The van der Waals surface area contributed by atoms with E-state index < -0.39 is 0 Å². The van der Waals surface area contributed by atoms with Crippen LogP contribution in [0.5, 0.6) is 0 Å². The van der Waals surface area contributed by atoms with Crippen LogP contribution in [0.3, 0.4) is 0 Å². The second-order valence-corrected chi connectivity index (χ2v) is 6.61. The maximum absolute atomic E-state index is 13.0. The van der Waals surface area contributed by atoms with Crippen molar-refractivity contribution in [1.82, 2.24) is 10.2 Å². The molecule has 0 aliphatic carbocycles. The Morgan fingerprint density at radius 2 is 1.67 bits per heavy atom. The molecule has 0 saturated carbocycles. The van der Waals surface area contributed by atoms with Crippen LogP contribution in [0.25, 0.3) is 0 Å². The van der Waals surface area contributed by atoms with Gasteiger partial charge in [0.05, 0.1) is 12.1 Å². The molecule has 0 bridgehead atoms. The van der Waals surface area contributed by atoms with Crippen molar-refractivity contribution >= 4 is 11.8 Å². The number of fused-ring (bicyclic) bond motifs is 3. The monoisotopic (exact) mass is 320 g/mol. The van der Waals surface area contributed by atoms with Gasteiger partial charge < -0.3 is 10.2 Å². The van der Waals surface area contributed by atoms with Crippen molar-refractivity contribution < 1.29 is 9.59 Å². The van der Waals surface area contributed by atoms with Gasteiger partial charge in [-0.3, -0.25) is 9.59 Å². The van der Waals surface area contributed by atoms with Gasteiger partial charge in [0.2, 0.25) is 5.91 Å². The van der Waals surface area contributed by atoms with Crippen LogP contribution in [0, 0.1) is 0 Å². The average molecular weight is 320 g/mol. The van der Waals surface area contributed by atoms with E-state index in [9.17, 15) is 9.59 Å². The van der Waals surface area contributed by atoms with Crippen molar-refractivity contribution in [1.29, 1.82) is 0 Å². The number of nitrogens with one attached hydrogen (secondary N) is 1. The van der Waals surface area contributed by atoms with Gasteiger partial charge in [-0.15, -0.1) is 0 Å². The van der Waals surface area contributed by atoms with E-state index >= 15 is 0 Å². The van der Waals surface area contributed by atoms with Gasteiger partial charge in [-0.1, -0.05) is 48.5 Å². The van der Waals surface area contributed by atoms with Crippen molar-refractivity contribution in [3.8, 4) is 0 Å². The summed E-state index contributed by atoms with van der Waals surface area (Å²) in [6.07, 6.45) is 1.52. The lowest BCUT2D eigenvalue weighted by atomic mass is 9.86. The van der Waals surface area contributed by atoms with Crippen molar-refractivity contribution in [3.63, 3.8) is 0 Å². The minimum absolute atomic E-state index is 0.0123. The minimum Gasteiger partial charge on any atom is -0.353 e. The van der Waals surface area contributed by atoms with Crippen molar-refractivity contribution in [2.24, 2.45) is 0 Å². The maximum Gasteiger partial charge on any atom is 0.255 e. The fourth-order valence-electron chi connectivity index (χ4n) is 4.14. The molecular weight excluding hydrogens is 300 g/mol. The summed E-state index contributed by atoms with van der Waals surface area (Å²) in [5.74, 6) is 0.0867. The molecule has 4 rings (SSSR count). The zero-order chi connectivity index (χ0) is 16.7. The molecule has 2 aliphatic heterocycles. The zero-order valence-corrected chi connectivity index (χ0v) is 13.6. The van der Waals surface area contributed by atoms with Crippen molar-refractivity contribution in [3.05, 3.63) is 71.3 Å². The first-order valence-corrected chi connectivity index (χ1v) is 8.39. The molecule has 4 nitrogen and oxygen atoms in total. The summed E-state index contributed by atoms with van der Waals surface area (Å²) in [6.45, 7) is 1.55. The highest BCUT2D eigenvalue weighted by Gasteiger charge is 2.46. The van der Waals surface area contributed by atoms with Crippen LogP contribution in [-0.4, -0.2) is 22.8 Å². The molecular formula is C20H20N2O2. The van der Waals surface area contributed by atoms with E-state index in [4.69, 9.17) is 0 Å². The largest absolute Gasteiger partial charge is 0.353 e. The molecule has 0 spiro atoms. The van der Waals surface area contributed by atoms with E-state index in [1.807, 2.05) is 47.4 Å². The van der Waals surface area contributed by atoms with Crippen LogP contribution < -0.4 is 5.32 Å². The molecule has 2 heterocycles. The van der Waals surface area contributed by atoms with Crippen LogP contribution in [0.1, 0.15) is 53.3 Å². The topological polar surface area (TPSA) is 49.4 Å². The van der Waals surface area contributed by atoms with Gasteiger partial charge in [0, 0.05) is 18.5 Å². The van der Waals surface area contributed by atoms with E-state index in [0.29, 0.717) is 0 Å². The Kier molecular flexibility index (Phi) is 3.60. The fraction of sp³-hybridized carbons (Fsp3) is 0.300. The van der Waals surface area contributed by atoms with Crippen LogP contribution in [0.15, 0.2) is 54.6 Å². The van der Waals surface area contributed by atoms with E-state index in [0.717, 1.165) is 29.5 Å². The fourth-order valence-corrected chi connectivity index (χ4v) is 4.14. The number of amides is 2. The summed E-state index contributed by atoms with van der Waals surface area (Å²) >= 11 is 0. The quantitative estimate of drug-likeness (QED) is 0.923. The number of piperidine rings is 1. The Labute approximate surface area is 141 Å². The number of carbonyl (C=O) groups is 2. The van der Waals surface area contributed by atoms with Gasteiger partial charge in [-0.05, 0) is 30.0 Å². The Morgan fingerprint density at radius 1 is 1.00 bits per heavy atom. The van der Waals surface area contributed by atoms with Gasteiger partial charge in [0.15, 0.2) is 0 Å². The average Bonchev–Trinajstić information content (AvgIpc) is 2.88. The third kappa shape index (κ3) is 2.39. The lowest BCUT2D eigenvalue weighted by molar-refractivity contribution is -0.120. The molecule has 2 aromatic rings. The molecule has 2 amide bonds. The summed E-state index contributed by atoms with van der Waals surface area (Å²) < 4.78 is 0. The third-order valence-corrected chi connectivity index (χ3v) is 5.06. The number of rotatable bonds is 2. The summed E-state index contributed by atoms with van der Waals surface area (Å²) in [5.41, 5.74) is 3.00. The maximum atomic E-state index is 13.0. The summed E-state index contributed by atoms with van der Waals surface area (Å²) in [4.78, 5) is 26.6. The predicted molar refractivity (Wildman–Crippen MR) is 91.4 cm³/mol. The Bertz CT molecular complexity index is 787. The first-order chi connectivity index (χ1) is 11.6. The lowest BCUT2D eigenvalue weighted by Gasteiger charge is -2.42. The van der Waals surface area contributed by atoms with Crippen LogP contribution in [0.4, 0.5) is 0 Å². The van der Waals surface area contributed by atoms with Crippen LogP contribution in [-0.2, 0) is 4.79 Å². The van der Waals surface area contributed by atoms with Gasteiger partial charge in [-0.25, -0.2) is 0 Å². The Hall–Kier alpha value is -2.62. The minimum atomic E-state index is -0.0159. The molecule has 2 aromatic carbocycles. The van der Waals surface area contributed by atoms with Gasteiger partial charge >= 0.3 is 0 Å². The zero-order valence-electron chi connectivity index (χ0n) is 13.6. The number of nitrogens with zero attached hydrogens (tertiary/aromatic N) is 1. The normalized spacial score (nSPS) is 25.1. The standard InChI is InChI=1S/C20H20N2O2/c1-13(23)21-15-11-18(14-7-3-2-4-8-14)22-19(12-15)16-9-5-6-10-17(16)20(22)24/h2-10,15,18-19H,11-12H2,1H3,(H,21,23)/t15-,18+,19+/m1/s1. The molecule has 3 atom stereocenters. The first kappa shape index (κ1) is 14.9. The van der Waals surface area contributed by atoms with Gasteiger partial charge in [-0.2, -0.15) is 0 Å². The molecule has 1 saturated heterocycles. The van der Waals surface area contributed by atoms with Crippen molar-refractivity contribution in [2.45, 2.75) is 37.9 Å². The summed E-state index contributed by atoms with van der Waals surface area (Å²) in [6, 6.07) is 18.0. The van der Waals surface area contributed by atoms with E-state index in [-0.39, 0.29) is 29.9 Å². The number of carbonyl (C=O) groups excluding carboxylic acids is 2. The second kappa shape index (κ2) is 5.78. The van der Waals surface area contributed by atoms with E-state index in [1.54, 1.807) is 6.92 Å². The summed E-state index contributed by atoms with van der Waals surface area (Å²) in [5, 5.41) is 3.06. The van der Waals surface area contributed by atoms with Crippen molar-refractivity contribution in [2.75, 3.05) is 0 Å².